The summed E-state index contributed by atoms with van der Waals surface area (Å²) in [4.78, 5) is 7.44. The van der Waals surface area contributed by atoms with E-state index < -0.39 is 0 Å². The highest BCUT2D eigenvalue weighted by molar-refractivity contribution is 9.15. The third kappa shape index (κ3) is 4.10. The van der Waals surface area contributed by atoms with Crippen molar-refractivity contribution in [1.82, 2.24) is 15.2 Å². The highest BCUT2D eigenvalue weighted by atomic mass is 79.9. The highest BCUT2D eigenvalue weighted by Gasteiger charge is 2.35. The average molecular weight is 507 g/mol. The first-order valence-corrected chi connectivity index (χ1v) is 12.4. The van der Waals surface area contributed by atoms with Crippen LogP contribution in [0.25, 0.3) is 10.6 Å². The van der Waals surface area contributed by atoms with Crippen LogP contribution in [0.1, 0.15) is 54.1 Å². The van der Waals surface area contributed by atoms with Crippen molar-refractivity contribution in [2.24, 2.45) is 11.8 Å². The molecule has 3 aliphatic rings. The van der Waals surface area contributed by atoms with Crippen molar-refractivity contribution in [3.8, 4) is 0 Å². The number of hydrogen-bond donors (Lipinski definition) is 1. The molecule has 30 heavy (non-hydrogen) atoms. The largest absolute Gasteiger partial charge is 0.317 e. The van der Waals surface area contributed by atoms with Crippen LogP contribution in [-0.2, 0) is 0 Å². The standard InChI is InChI=1S/C24H26BrCl2N3/c25-22-12-17-11-18(26)1-2-20(17)24(23-21(22)13-19(27)14-29-23)30-9-5-16(6-10-30)15-3-7-28-8-4-15/h1-2,11-16,24,28H,3-10H2. The molecule has 1 aromatic heterocycles. The fourth-order valence-electron chi connectivity index (χ4n) is 5.47. The lowest BCUT2D eigenvalue weighted by Gasteiger charge is -2.41. The topological polar surface area (TPSA) is 28.2 Å². The van der Waals surface area contributed by atoms with Crippen LogP contribution in [0, 0.1) is 11.8 Å². The number of nitrogens with one attached hydrogen (secondary N) is 1. The summed E-state index contributed by atoms with van der Waals surface area (Å²) in [6.45, 7) is 4.56. The van der Waals surface area contributed by atoms with E-state index in [1.165, 1.54) is 44.3 Å². The molecule has 2 fully saturated rings. The van der Waals surface area contributed by atoms with Gasteiger partial charge in [-0.1, -0.05) is 45.2 Å². The van der Waals surface area contributed by atoms with Gasteiger partial charge in [0.05, 0.1) is 16.8 Å². The minimum absolute atomic E-state index is 0.116. The fourth-order valence-corrected chi connectivity index (χ4v) is 6.38. The van der Waals surface area contributed by atoms with Crippen LogP contribution in [0.2, 0.25) is 10.0 Å². The van der Waals surface area contributed by atoms with E-state index in [9.17, 15) is 0 Å². The number of likely N-dealkylation sites (tertiary alicyclic amines) is 1. The zero-order chi connectivity index (χ0) is 20.7. The van der Waals surface area contributed by atoms with Gasteiger partial charge in [-0.15, -0.1) is 0 Å². The van der Waals surface area contributed by atoms with E-state index in [-0.39, 0.29) is 6.04 Å². The third-order valence-corrected chi connectivity index (χ3v) is 8.11. The SMILES string of the molecule is Clc1ccc2c(c1)C=C(Br)c1cc(Cl)cnc1C2N1CCC(C2CCNCC2)CC1. The van der Waals surface area contributed by atoms with Gasteiger partial charge in [-0.3, -0.25) is 9.88 Å². The van der Waals surface area contributed by atoms with Gasteiger partial charge in [0.1, 0.15) is 0 Å². The average Bonchev–Trinajstić information content (AvgIpc) is 2.88. The Balaban J connectivity index is 1.49. The molecule has 0 bridgehead atoms. The maximum atomic E-state index is 6.35. The molecule has 1 atom stereocenters. The Morgan fingerprint density at radius 2 is 1.70 bits per heavy atom. The van der Waals surface area contributed by atoms with E-state index >= 15 is 0 Å². The summed E-state index contributed by atoms with van der Waals surface area (Å²) >= 11 is 16.4. The molecule has 0 saturated carbocycles. The highest BCUT2D eigenvalue weighted by Crippen LogP contribution is 2.44. The smallest absolute Gasteiger partial charge is 0.0788 e. The molecule has 0 radical (unpaired) electrons. The number of nitrogens with zero attached hydrogens (tertiary/aromatic N) is 2. The molecule has 6 heteroatoms. The van der Waals surface area contributed by atoms with Crippen LogP contribution >= 0.6 is 39.1 Å². The molecule has 158 valence electrons. The lowest BCUT2D eigenvalue weighted by Crippen LogP contribution is -2.41. The predicted molar refractivity (Wildman–Crippen MR) is 129 cm³/mol. The summed E-state index contributed by atoms with van der Waals surface area (Å²) in [7, 11) is 0. The van der Waals surface area contributed by atoms with Crippen molar-refractivity contribution in [2.75, 3.05) is 26.2 Å². The molecule has 0 amide bonds. The first kappa shape index (κ1) is 21.0. The van der Waals surface area contributed by atoms with Crippen LogP contribution in [0.3, 0.4) is 0 Å². The van der Waals surface area contributed by atoms with Gasteiger partial charge in [-0.05, 0) is 99.1 Å². The maximum absolute atomic E-state index is 6.35. The van der Waals surface area contributed by atoms with Gasteiger partial charge >= 0.3 is 0 Å². The first-order chi connectivity index (χ1) is 14.6. The van der Waals surface area contributed by atoms with Crippen molar-refractivity contribution in [3.05, 3.63) is 62.9 Å². The van der Waals surface area contributed by atoms with Crippen LogP contribution in [0.4, 0.5) is 0 Å². The fraction of sp³-hybridized carbons (Fsp3) is 0.458. The van der Waals surface area contributed by atoms with Gasteiger partial charge < -0.3 is 5.32 Å². The second-order valence-electron chi connectivity index (χ2n) is 8.72. The molecule has 1 aliphatic carbocycles. The third-order valence-electron chi connectivity index (χ3n) is 7.02. The number of fused-ring (bicyclic) bond motifs is 2. The first-order valence-electron chi connectivity index (χ1n) is 10.9. The quantitative estimate of drug-likeness (QED) is 0.511. The van der Waals surface area contributed by atoms with E-state index in [0.29, 0.717) is 5.02 Å². The predicted octanol–water partition coefficient (Wildman–Crippen LogP) is 6.40. The van der Waals surface area contributed by atoms with E-state index in [4.69, 9.17) is 28.2 Å². The number of rotatable bonds is 2. The Bertz CT molecular complexity index is 963. The maximum Gasteiger partial charge on any atom is 0.0788 e. The molecular formula is C24H26BrCl2N3. The molecule has 5 rings (SSSR count). The molecular weight excluding hydrogens is 481 g/mol. The Labute approximate surface area is 197 Å². The molecule has 1 N–H and O–H groups in total. The summed E-state index contributed by atoms with van der Waals surface area (Å²) in [5.74, 6) is 1.73. The molecule has 3 heterocycles. The second kappa shape index (κ2) is 8.91. The van der Waals surface area contributed by atoms with E-state index in [0.717, 1.165) is 51.3 Å². The lowest BCUT2D eigenvalue weighted by atomic mass is 9.78. The molecule has 0 spiro atoms. The molecule has 1 aromatic carbocycles. The molecule has 2 aromatic rings. The van der Waals surface area contributed by atoms with E-state index in [2.05, 4.69) is 44.4 Å². The monoisotopic (exact) mass is 505 g/mol. The lowest BCUT2D eigenvalue weighted by molar-refractivity contribution is 0.108. The Hall–Kier alpha value is -0.910. The van der Waals surface area contributed by atoms with Crippen molar-refractivity contribution in [1.29, 1.82) is 0 Å². The van der Waals surface area contributed by atoms with Gasteiger partial charge in [-0.2, -0.15) is 0 Å². The molecule has 1 unspecified atom stereocenters. The molecule has 2 aliphatic heterocycles. The Kier molecular flexibility index (Phi) is 6.23. The van der Waals surface area contributed by atoms with Gasteiger partial charge in [0.2, 0.25) is 0 Å². The number of pyridine rings is 1. The second-order valence-corrected chi connectivity index (χ2v) is 10.4. The molecule has 3 nitrogen and oxygen atoms in total. The summed E-state index contributed by atoms with van der Waals surface area (Å²) in [6.07, 6.45) is 9.11. The van der Waals surface area contributed by atoms with Crippen LogP contribution in [-0.4, -0.2) is 36.1 Å². The summed E-state index contributed by atoms with van der Waals surface area (Å²) < 4.78 is 1.00. The number of benzene rings is 1. The van der Waals surface area contributed by atoms with Crippen molar-refractivity contribution in [2.45, 2.75) is 31.7 Å². The Morgan fingerprint density at radius 3 is 2.47 bits per heavy atom. The minimum atomic E-state index is 0.116. The summed E-state index contributed by atoms with van der Waals surface area (Å²) in [6, 6.07) is 8.36. The van der Waals surface area contributed by atoms with Crippen LogP contribution in [0.5, 0.6) is 0 Å². The van der Waals surface area contributed by atoms with Gasteiger partial charge in [0, 0.05) is 21.3 Å². The van der Waals surface area contributed by atoms with Crippen molar-refractivity contribution in [3.63, 3.8) is 0 Å². The molecule has 2 saturated heterocycles. The van der Waals surface area contributed by atoms with Gasteiger partial charge in [0.15, 0.2) is 0 Å². The zero-order valence-electron chi connectivity index (χ0n) is 16.9. The van der Waals surface area contributed by atoms with Crippen molar-refractivity contribution >= 4 is 49.7 Å². The number of piperidine rings is 2. The minimum Gasteiger partial charge on any atom is -0.317 e. The van der Waals surface area contributed by atoms with E-state index in [1.807, 2.05) is 12.1 Å². The van der Waals surface area contributed by atoms with E-state index in [1.54, 1.807) is 6.20 Å². The number of aromatic nitrogens is 1. The number of hydrogen-bond acceptors (Lipinski definition) is 3. The van der Waals surface area contributed by atoms with Crippen LogP contribution < -0.4 is 5.32 Å². The van der Waals surface area contributed by atoms with Gasteiger partial charge in [0.25, 0.3) is 0 Å². The van der Waals surface area contributed by atoms with Gasteiger partial charge in [-0.25, -0.2) is 0 Å². The normalized spacial score (nSPS) is 23.4. The zero-order valence-corrected chi connectivity index (χ0v) is 20.0. The Morgan fingerprint density at radius 1 is 0.967 bits per heavy atom. The summed E-state index contributed by atoms with van der Waals surface area (Å²) in [5, 5.41) is 4.92. The summed E-state index contributed by atoms with van der Waals surface area (Å²) in [5.41, 5.74) is 4.56. The van der Waals surface area contributed by atoms with Crippen molar-refractivity contribution < 1.29 is 0 Å². The van der Waals surface area contributed by atoms with Crippen LogP contribution in [0.15, 0.2) is 30.5 Å². The number of halogens is 3.